The summed E-state index contributed by atoms with van der Waals surface area (Å²) in [6.45, 7) is 2.34. The number of aromatic nitrogens is 2. The van der Waals surface area contributed by atoms with Crippen molar-refractivity contribution in [2.24, 2.45) is 0 Å². The van der Waals surface area contributed by atoms with Crippen molar-refractivity contribution in [1.82, 2.24) is 9.78 Å². The average molecular weight is 324 g/mol. The number of hydrogen-bond acceptors (Lipinski definition) is 6. The van der Waals surface area contributed by atoms with Gasteiger partial charge < -0.3 is 10.1 Å². The molecule has 1 heterocycles. The zero-order valence-electron chi connectivity index (χ0n) is 11.6. The zero-order valence-corrected chi connectivity index (χ0v) is 13.2. The number of methoxy groups -OCH3 is 1. The number of ether oxygens (including phenoxy) is 1. The standard InChI is InChI=1S/C11H18ClN3O4S/c1-8(7-20(3,17)18)14-9-6-13-15(4-5-19-2)11(16)10(9)12/h6,8,14H,4-5,7H2,1-3H3. The van der Waals surface area contributed by atoms with E-state index in [1.807, 2.05) is 0 Å². The van der Waals surface area contributed by atoms with Crippen LogP contribution in [0.1, 0.15) is 6.92 Å². The Hall–Kier alpha value is -1.12. The molecule has 9 heteroatoms. The zero-order chi connectivity index (χ0) is 15.3. The third-order valence-electron chi connectivity index (χ3n) is 2.45. The Morgan fingerprint density at radius 3 is 2.75 bits per heavy atom. The Bertz CT molecular complexity index is 615. The topological polar surface area (TPSA) is 90.3 Å². The summed E-state index contributed by atoms with van der Waals surface area (Å²) in [6.07, 6.45) is 2.55. The molecule has 114 valence electrons. The number of rotatable bonds is 7. The van der Waals surface area contributed by atoms with Gasteiger partial charge in [0.05, 0.1) is 30.8 Å². The van der Waals surface area contributed by atoms with Gasteiger partial charge in [0, 0.05) is 19.4 Å². The minimum atomic E-state index is -3.11. The molecule has 0 aromatic carbocycles. The molecule has 0 saturated carbocycles. The first kappa shape index (κ1) is 16.9. The molecule has 1 unspecified atom stereocenters. The van der Waals surface area contributed by atoms with Crippen LogP contribution in [-0.4, -0.2) is 50.0 Å². The molecule has 0 radical (unpaired) electrons. The molecule has 0 bridgehead atoms. The first-order valence-corrected chi connectivity index (χ1v) is 8.37. The number of anilines is 1. The Morgan fingerprint density at radius 2 is 2.20 bits per heavy atom. The minimum absolute atomic E-state index is 0.0172. The van der Waals surface area contributed by atoms with E-state index in [9.17, 15) is 13.2 Å². The maximum absolute atomic E-state index is 11.9. The number of sulfone groups is 1. The van der Waals surface area contributed by atoms with Gasteiger partial charge in [-0.3, -0.25) is 4.79 Å². The maximum Gasteiger partial charge on any atom is 0.287 e. The highest BCUT2D eigenvalue weighted by atomic mass is 35.5. The summed E-state index contributed by atoms with van der Waals surface area (Å²) >= 11 is 5.97. The molecule has 0 fully saturated rings. The van der Waals surface area contributed by atoms with Gasteiger partial charge in [-0.15, -0.1) is 0 Å². The lowest BCUT2D eigenvalue weighted by Crippen LogP contribution is -2.29. The van der Waals surface area contributed by atoms with Gasteiger partial charge in [0.15, 0.2) is 0 Å². The van der Waals surface area contributed by atoms with E-state index in [0.717, 1.165) is 6.26 Å². The lowest BCUT2D eigenvalue weighted by atomic mass is 10.3. The van der Waals surface area contributed by atoms with E-state index < -0.39 is 15.4 Å². The molecule has 1 aromatic rings. The van der Waals surface area contributed by atoms with E-state index in [1.165, 1.54) is 18.0 Å². The van der Waals surface area contributed by atoms with Crippen molar-refractivity contribution in [3.8, 4) is 0 Å². The van der Waals surface area contributed by atoms with Crippen LogP contribution in [0.15, 0.2) is 11.0 Å². The monoisotopic (exact) mass is 323 g/mol. The summed E-state index contributed by atoms with van der Waals surface area (Å²) in [7, 11) is -1.59. The van der Waals surface area contributed by atoms with Crippen LogP contribution in [0.5, 0.6) is 0 Å². The van der Waals surface area contributed by atoms with Crippen molar-refractivity contribution >= 4 is 27.1 Å². The second kappa shape index (κ2) is 7.05. The molecular formula is C11H18ClN3O4S. The van der Waals surface area contributed by atoms with Crippen molar-refractivity contribution in [2.75, 3.05) is 31.0 Å². The van der Waals surface area contributed by atoms with Gasteiger partial charge in [-0.1, -0.05) is 11.6 Å². The van der Waals surface area contributed by atoms with E-state index in [4.69, 9.17) is 16.3 Å². The minimum Gasteiger partial charge on any atom is -0.383 e. The molecule has 7 nitrogen and oxygen atoms in total. The summed E-state index contributed by atoms with van der Waals surface area (Å²) in [5.41, 5.74) is -0.123. The van der Waals surface area contributed by atoms with Crippen molar-refractivity contribution in [3.05, 3.63) is 21.6 Å². The summed E-state index contributed by atoms with van der Waals surface area (Å²) in [5, 5.41) is 6.81. The number of halogens is 1. The van der Waals surface area contributed by atoms with E-state index in [1.54, 1.807) is 6.92 Å². The van der Waals surface area contributed by atoms with Crippen LogP contribution in [0, 0.1) is 0 Å². The molecule has 0 aliphatic rings. The molecule has 0 saturated heterocycles. The van der Waals surface area contributed by atoms with Crippen LogP contribution in [-0.2, 0) is 21.1 Å². The van der Waals surface area contributed by atoms with Crippen LogP contribution in [0.4, 0.5) is 5.69 Å². The van der Waals surface area contributed by atoms with Crippen LogP contribution < -0.4 is 10.9 Å². The quantitative estimate of drug-likeness (QED) is 0.780. The first-order chi connectivity index (χ1) is 9.24. The molecule has 1 aromatic heterocycles. The van der Waals surface area contributed by atoms with E-state index >= 15 is 0 Å². The summed E-state index contributed by atoms with van der Waals surface area (Å²) < 4.78 is 28.4. The molecule has 1 atom stereocenters. The van der Waals surface area contributed by atoms with E-state index in [-0.39, 0.29) is 16.8 Å². The highest BCUT2D eigenvalue weighted by Gasteiger charge is 2.14. The lowest BCUT2D eigenvalue weighted by molar-refractivity contribution is 0.182. The predicted octanol–water partition coefficient (Wildman–Crippen LogP) is 0.388. The predicted molar refractivity (Wildman–Crippen MR) is 78.2 cm³/mol. The second-order valence-electron chi connectivity index (χ2n) is 4.53. The molecule has 1 rings (SSSR count). The Morgan fingerprint density at radius 1 is 1.55 bits per heavy atom. The number of nitrogens with zero attached hydrogens (tertiary/aromatic N) is 2. The number of hydrogen-bond donors (Lipinski definition) is 1. The SMILES string of the molecule is COCCn1ncc(NC(C)CS(C)(=O)=O)c(Cl)c1=O. The van der Waals surface area contributed by atoms with Crippen LogP contribution in [0.25, 0.3) is 0 Å². The fraction of sp³-hybridized carbons (Fsp3) is 0.636. The molecular weight excluding hydrogens is 306 g/mol. The molecule has 1 N–H and O–H groups in total. The summed E-state index contributed by atoms with van der Waals surface area (Å²) in [6, 6.07) is -0.376. The van der Waals surface area contributed by atoms with Gasteiger partial charge >= 0.3 is 0 Å². The maximum atomic E-state index is 11.9. The average Bonchev–Trinajstić information content (AvgIpc) is 2.32. The van der Waals surface area contributed by atoms with Gasteiger partial charge in [0.25, 0.3) is 5.56 Å². The van der Waals surface area contributed by atoms with Crippen molar-refractivity contribution < 1.29 is 13.2 Å². The van der Waals surface area contributed by atoms with Gasteiger partial charge in [0.1, 0.15) is 14.9 Å². The third kappa shape index (κ3) is 5.10. The highest BCUT2D eigenvalue weighted by molar-refractivity contribution is 7.90. The van der Waals surface area contributed by atoms with Crippen molar-refractivity contribution in [1.29, 1.82) is 0 Å². The van der Waals surface area contributed by atoms with Gasteiger partial charge in [-0.25, -0.2) is 13.1 Å². The molecule has 0 amide bonds. The Kier molecular flexibility index (Phi) is 5.97. The first-order valence-electron chi connectivity index (χ1n) is 5.93. The smallest absolute Gasteiger partial charge is 0.287 e. The second-order valence-corrected chi connectivity index (χ2v) is 7.09. The largest absolute Gasteiger partial charge is 0.383 e. The van der Waals surface area contributed by atoms with Crippen LogP contribution in [0.3, 0.4) is 0 Å². The summed E-state index contributed by atoms with van der Waals surface area (Å²) in [4.78, 5) is 11.9. The third-order valence-corrected chi connectivity index (χ3v) is 3.92. The number of nitrogens with one attached hydrogen (secondary N) is 1. The normalized spacial score (nSPS) is 13.2. The molecule has 20 heavy (non-hydrogen) atoms. The van der Waals surface area contributed by atoms with Crippen molar-refractivity contribution in [3.63, 3.8) is 0 Å². The highest BCUT2D eigenvalue weighted by Crippen LogP contribution is 2.16. The van der Waals surface area contributed by atoms with Gasteiger partial charge in [0.2, 0.25) is 0 Å². The van der Waals surface area contributed by atoms with E-state index in [2.05, 4.69) is 10.4 Å². The molecule has 0 aliphatic heterocycles. The Balaban J connectivity index is 2.88. The van der Waals surface area contributed by atoms with Crippen LogP contribution in [0.2, 0.25) is 5.02 Å². The molecule has 0 spiro atoms. The van der Waals surface area contributed by atoms with Crippen molar-refractivity contribution in [2.45, 2.75) is 19.5 Å². The van der Waals surface area contributed by atoms with Gasteiger partial charge in [-0.05, 0) is 6.92 Å². The lowest BCUT2D eigenvalue weighted by Gasteiger charge is -2.15. The molecule has 0 aliphatic carbocycles. The fourth-order valence-electron chi connectivity index (χ4n) is 1.66. The Labute approximate surface area is 122 Å². The van der Waals surface area contributed by atoms with Gasteiger partial charge in [-0.2, -0.15) is 5.10 Å². The van der Waals surface area contributed by atoms with E-state index in [0.29, 0.717) is 18.8 Å². The summed E-state index contributed by atoms with van der Waals surface area (Å²) in [5.74, 6) is -0.0594. The fourth-order valence-corrected chi connectivity index (χ4v) is 2.86. The van der Waals surface area contributed by atoms with Crippen LogP contribution >= 0.6 is 11.6 Å².